The molecule has 0 atom stereocenters. The summed E-state index contributed by atoms with van der Waals surface area (Å²) in [6, 6.07) is 13.9. The second kappa shape index (κ2) is 8.81. The van der Waals surface area contributed by atoms with Gasteiger partial charge in [0, 0.05) is 11.1 Å². The number of hydrogen-bond acceptors (Lipinski definition) is 4. The summed E-state index contributed by atoms with van der Waals surface area (Å²) in [5, 5.41) is 4.56. The van der Waals surface area contributed by atoms with E-state index in [0.29, 0.717) is 10.8 Å². The molecule has 0 fully saturated rings. The maximum Gasteiger partial charge on any atom is 0.336 e. The number of nitrogens with zero attached hydrogens (tertiary/aromatic N) is 1. The number of halogens is 1. The summed E-state index contributed by atoms with van der Waals surface area (Å²) in [7, 11) is 0. The van der Waals surface area contributed by atoms with Crippen LogP contribution in [0, 0.1) is 0 Å². The number of ether oxygens (including phenoxy) is 1. The lowest BCUT2D eigenvalue weighted by molar-refractivity contribution is -0.128. The maximum absolute atomic E-state index is 11.8. The molecule has 0 saturated carbocycles. The SMILES string of the molecule is NC(=S)N/N=C/c1ccc(OC(=O)/C=C/c2ccc(Cl)cc2)cc1. The molecule has 0 aliphatic carbocycles. The van der Waals surface area contributed by atoms with Crippen LogP contribution in [0.1, 0.15) is 11.1 Å². The van der Waals surface area contributed by atoms with Gasteiger partial charge in [-0.1, -0.05) is 23.7 Å². The molecule has 0 spiro atoms. The van der Waals surface area contributed by atoms with Crippen LogP contribution in [-0.4, -0.2) is 17.3 Å². The van der Waals surface area contributed by atoms with Crippen LogP contribution in [0.25, 0.3) is 6.08 Å². The van der Waals surface area contributed by atoms with E-state index in [-0.39, 0.29) is 5.11 Å². The first-order chi connectivity index (χ1) is 11.5. The Bertz CT molecular complexity index is 771. The monoisotopic (exact) mass is 359 g/mol. The first-order valence-corrected chi connectivity index (χ1v) is 7.65. The van der Waals surface area contributed by atoms with Crippen LogP contribution in [0.2, 0.25) is 5.02 Å². The van der Waals surface area contributed by atoms with Gasteiger partial charge >= 0.3 is 5.97 Å². The Morgan fingerprint density at radius 1 is 1.12 bits per heavy atom. The van der Waals surface area contributed by atoms with Gasteiger partial charge in [-0.3, -0.25) is 5.43 Å². The number of hydrogen-bond donors (Lipinski definition) is 2. The molecule has 0 saturated heterocycles. The van der Waals surface area contributed by atoms with Crippen LogP contribution in [0.5, 0.6) is 5.75 Å². The summed E-state index contributed by atoms with van der Waals surface area (Å²) >= 11 is 10.4. The van der Waals surface area contributed by atoms with Gasteiger partial charge in [-0.05, 0) is 65.8 Å². The molecule has 2 rings (SSSR count). The van der Waals surface area contributed by atoms with Gasteiger partial charge in [0.15, 0.2) is 5.11 Å². The maximum atomic E-state index is 11.8. The predicted octanol–water partition coefficient (Wildman–Crippen LogP) is 3.13. The highest BCUT2D eigenvalue weighted by atomic mass is 35.5. The van der Waals surface area contributed by atoms with Gasteiger partial charge in [0.2, 0.25) is 0 Å². The van der Waals surface area contributed by atoms with Crippen LogP contribution in [0.4, 0.5) is 0 Å². The summed E-state index contributed by atoms with van der Waals surface area (Å²) in [5.41, 5.74) is 9.36. The van der Waals surface area contributed by atoms with Gasteiger partial charge in [-0.15, -0.1) is 0 Å². The number of thiocarbonyl (C=S) groups is 1. The zero-order valence-corrected chi connectivity index (χ0v) is 14.1. The predicted molar refractivity (Wildman–Crippen MR) is 100 cm³/mol. The fourth-order valence-electron chi connectivity index (χ4n) is 1.68. The van der Waals surface area contributed by atoms with E-state index < -0.39 is 5.97 Å². The fourth-order valence-corrected chi connectivity index (χ4v) is 1.86. The molecule has 2 aromatic carbocycles. The molecular formula is C17H14ClN3O2S. The van der Waals surface area contributed by atoms with E-state index in [0.717, 1.165) is 11.1 Å². The lowest BCUT2D eigenvalue weighted by Gasteiger charge is -2.01. The molecule has 0 radical (unpaired) electrons. The van der Waals surface area contributed by atoms with Crippen LogP contribution >= 0.6 is 23.8 Å². The van der Waals surface area contributed by atoms with E-state index in [4.69, 9.17) is 22.1 Å². The van der Waals surface area contributed by atoms with E-state index in [1.165, 1.54) is 6.08 Å². The minimum absolute atomic E-state index is 0.0873. The third-order valence-corrected chi connectivity index (χ3v) is 3.11. The Morgan fingerprint density at radius 3 is 2.38 bits per heavy atom. The summed E-state index contributed by atoms with van der Waals surface area (Å²) in [4.78, 5) is 11.8. The highest BCUT2D eigenvalue weighted by molar-refractivity contribution is 7.80. The molecule has 7 heteroatoms. The van der Waals surface area contributed by atoms with Gasteiger partial charge in [-0.25, -0.2) is 4.79 Å². The second-order valence-electron chi connectivity index (χ2n) is 4.61. The number of carbonyl (C=O) groups excluding carboxylic acids is 1. The Hall–Kier alpha value is -2.70. The molecule has 0 bridgehead atoms. The molecule has 0 aromatic heterocycles. The minimum atomic E-state index is -0.471. The van der Waals surface area contributed by atoms with Crippen molar-refractivity contribution in [2.24, 2.45) is 10.8 Å². The van der Waals surface area contributed by atoms with Crippen molar-refractivity contribution in [3.8, 4) is 5.75 Å². The van der Waals surface area contributed by atoms with Crippen LogP contribution < -0.4 is 15.9 Å². The molecule has 0 aliphatic heterocycles. The molecule has 122 valence electrons. The lowest BCUT2D eigenvalue weighted by atomic mass is 10.2. The Labute approximate surface area is 149 Å². The summed E-state index contributed by atoms with van der Waals surface area (Å²) in [6.45, 7) is 0. The quantitative estimate of drug-likeness (QED) is 0.214. The zero-order valence-electron chi connectivity index (χ0n) is 12.5. The fraction of sp³-hybridized carbons (Fsp3) is 0. The average Bonchev–Trinajstić information content (AvgIpc) is 2.56. The van der Waals surface area contributed by atoms with Crippen molar-refractivity contribution in [2.75, 3.05) is 0 Å². The molecule has 0 amide bonds. The highest BCUT2D eigenvalue weighted by Gasteiger charge is 2.00. The second-order valence-corrected chi connectivity index (χ2v) is 5.49. The van der Waals surface area contributed by atoms with Gasteiger partial charge in [0.25, 0.3) is 0 Å². The van der Waals surface area contributed by atoms with Gasteiger partial charge < -0.3 is 10.5 Å². The molecular weight excluding hydrogens is 346 g/mol. The third kappa shape index (κ3) is 6.20. The van der Waals surface area contributed by atoms with Crippen LogP contribution in [0.3, 0.4) is 0 Å². The zero-order chi connectivity index (χ0) is 17.4. The molecule has 2 aromatic rings. The van der Waals surface area contributed by atoms with Crippen molar-refractivity contribution in [1.82, 2.24) is 5.43 Å². The van der Waals surface area contributed by atoms with Crippen LogP contribution in [0.15, 0.2) is 59.7 Å². The third-order valence-electron chi connectivity index (χ3n) is 2.77. The van der Waals surface area contributed by atoms with Crippen molar-refractivity contribution in [2.45, 2.75) is 0 Å². The van der Waals surface area contributed by atoms with E-state index in [2.05, 4.69) is 22.7 Å². The van der Waals surface area contributed by atoms with Crippen molar-refractivity contribution in [3.05, 3.63) is 70.8 Å². The molecule has 5 nitrogen and oxygen atoms in total. The van der Waals surface area contributed by atoms with Crippen molar-refractivity contribution in [1.29, 1.82) is 0 Å². The topological polar surface area (TPSA) is 76.7 Å². The Kier molecular flexibility index (Phi) is 6.48. The molecule has 0 aliphatic rings. The first-order valence-electron chi connectivity index (χ1n) is 6.87. The van der Waals surface area contributed by atoms with E-state index >= 15 is 0 Å². The number of nitrogens with one attached hydrogen (secondary N) is 1. The van der Waals surface area contributed by atoms with E-state index in [1.54, 1.807) is 60.8 Å². The number of benzene rings is 2. The minimum Gasteiger partial charge on any atom is -0.423 e. The van der Waals surface area contributed by atoms with Gasteiger partial charge in [0.05, 0.1) is 6.21 Å². The largest absolute Gasteiger partial charge is 0.423 e. The highest BCUT2D eigenvalue weighted by Crippen LogP contribution is 2.13. The molecule has 24 heavy (non-hydrogen) atoms. The molecule has 0 unspecified atom stereocenters. The Balaban J connectivity index is 1.90. The van der Waals surface area contributed by atoms with E-state index in [1.807, 2.05) is 0 Å². The smallest absolute Gasteiger partial charge is 0.336 e. The van der Waals surface area contributed by atoms with Crippen molar-refractivity contribution in [3.63, 3.8) is 0 Å². The number of carbonyl (C=O) groups is 1. The summed E-state index contributed by atoms with van der Waals surface area (Å²) < 4.78 is 5.20. The number of rotatable bonds is 5. The first kappa shape index (κ1) is 17.7. The normalized spacial score (nSPS) is 10.9. The van der Waals surface area contributed by atoms with Crippen molar-refractivity contribution < 1.29 is 9.53 Å². The summed E-state index contributed by atoms with van der Waals surface area (Å²) in [5.74, 6) is -0.0401. The molecule has 3 N–H and O–H groups in total. The van der Waals surface area contributed by atoms with Gasteiger partial charge in [0.1, 0.15) is 5.75 Å². The van der Waals surface area contributed by atoms with Crippen LogP contribution in [-0.2, 0) is 4.79 Å². The number of hydrazone groups is 1. The summed E-state index contributed by atoms with van der Waals surface area (Å²) in [6.07, 6.45) is 4.55. The van der Waals surface area contributed by atoms with Gasteiger partial charge in [-0.2, -0.15) is 5.10 Å². The lowest BCUT2D eigenvalue weighted by Crippen LogP contribution is -2.23. The van der Waals surface area contributed by atoms with E-state index in [9.17, 15) is 4.79 Å². The Morgan fingerprint density at radius 2 is 1.75 bits per heavy atom. The average molecular weight is 360 g/mol. The number of nitrogens with two attached hydrogens (primary N) is 1. The standard InChI is InChI=1S/C17H14ClN3O2S/c18-14-6-1-12(2-7-14)5-10-16(22)23-15-8-3-13(4-9-15)11-20-21-17(19)24/h1-11H,(H3,19,21,24)/b10-5+,20-11+. The molecule has 0 heterocycles. The van der Waals surface area contributed by atoms with Crippen molar-refractivity contribution >= 4 is 47.2 Å². The number of esters is 1.